The smallest absolute Gasteiger partial charge is 0.306 e. The minimum absolute atomic E-state index is 0.117. The molecule has 0 fully saturated rings. The van der Waals surface area contributed by atoms with Crippen LogP contribution in [0.25, 0.3) is 0 Å². The maximum absolute atomic E-state index is 12.8. The Balaban J connectivity index is 4.51. The fourth-order valence-electron chi connectivity index (χ4n) is 6.98. The standard InChI is InChI=1S/C58H96O6/c1-4-7-10-13-16-19-22-25-27-28-29-31-33-36-39-42-45-48-51-57(60)63-54-55(53-62-56(59)50-47-44-41-38-35-32-24-21-18-15-12-9-6-3)64-58(61)52-49-46-43-40-37-34-30-26-23-20-17-14-11-8-5-2/h8,11,14,17,20,23,26,29-32,34-35,37,41,44,55H,4-7,9-10,12-13,15-16,18-19,21-22,24-25,27-28,33,36,38-40,42-43,45-54H2,1-3H3/b11-8+,17-14+,23-20+,30-26+,31-29+,35-32+,37-34+,44-41+. The van der Waals surface area contributed by atoms with Crippen LogP contribution in [0.5, 0.6) is 0 Å². The van der Waals surface area contributed by atoms with Crippen LogP contribution in [0.4, 0.5) is 0 Å². The Bertz CT molecular complexity index is 1300. The van der Waals surface area contributed by atoms with Gasteiger partial charge in [0.05, 0.1) is 0 Å². The van der Waals surface area contributed by atoms with Crippen molar-refractivity contribution in [2.24, 2.45) is 0 Å². The van der Waals surface area contributed by atoms with Gasteiger partial charge in [-0.25, -0.2) is 0 Å². The van der Waals surface area contributed by atoms with Crippen molar-refractivity contribution >= 4 is 17.9 Å². The zero-order chi connectivity index (χ0) is 46.5. The molecule has 1 unspecified atom stereocenters. The Labute approximate surface area is 394 Å². The van der Waals surface area contributed by atoms with Crippen LogP contribution in [-0.2, 0) is 28.6 Å². The van der Waals surface area contributed by atoms with Gasteiger partial charge in [0.25, 0.3) is 0 Å². The highest BCUT2D eigenvalue weighted by Crippen LogP contribution is 2.13. The molecule has 0 N–H and O–H groups in total. The van der Waals surface area contributed by atoms with Crippen LogP contribution < -0.4 is 0 Å². The molecule has 0 spiro atoms. The predicted octanol–water partition coefficient (Wildman–Crippen LogP) is 17.4. The summed E-state index contributed by atoms with van der Waals surface area (Å²) in [5.74, 6) is -1.04. The Morgan fingerprint density at radius 2 is 0.703 bits per heavy atom. The molecule has 0 amide bonds. The number of rotatable bonds is 46. The van der Waals surface area contributed by atoms with Gasteiger partial charge < -0.3 is 14.2 Å². The fourth-order valence-corrected chi connectivity index (χ4v) is 6.98. The van der Waals surface area contributed by atoms with E-state index in [-0.39, 0.29) is 44.0 Å². The van der Waals surface area contributed by atoms with Gasteiger partial charge in [-0.2, -0.15) is 0 Å². The van der Waals surface area contributed by atoms with Crippen LogP contribution in [0, 0.1) is 0 Å². The quantitative estimate of drug-likeness (QED) is 0.0199. The lowest BCUT2D eigenvalue weighted by molar-refractivity contribution is -0.166. The third-order valence-electron chi connectivity index (χ3n) is 10.9. The molecule has 364 valence electrons. The van der Waals surface area contributed by atoms with E-state index in [4.69, 9.17) is 14.2 Å². The summed E-state index contributed by atoms with van der Waals surface area (Å²) in [5.41, 5.74) is 0. The van der Waals surface area contributed by atoms with E-state index in [9.17, 15) is 14.4 Å². The van der Waals surface area contributed by atoms with E-state index in [1.54, 1.807) is 0 Å². The molecule has 0 aromatic rings. The van der Waals surface area contributed by atoms with E-state index in [0.717, 1.165) is 70.6 Å². The van der Waals surface area contributed by atoms with E-state index in [2.05, 4.69) is 63.3 Å². The van der Waals surface area contributed by atoms with Crippen molar-refractivity contribution < 1.29 is 28.6 Å². The maximum Gasteiger partial charge on any atom is 0.306 e. The molecule has 0 radical (unpaired) electrons. The van der Waals surface area contributed by atoms with Gasteiger partial charge in [0, 0.05) is 19.3 Å². The van der Waals surface area contributed by atoms with Crippen LogP contribution in [0.15, 0.2) is 97.2 Å². The Morgan fingerprint density at radius 1 is 0.344 bits per heavy atom. The molecule has 0 rings (SSSR count). The van der Waals surface area contributed by atoms with Crippen molar-refractivity contribution in [1.82, 2.24) is 0 Å². The number of esters is 3. The molecular weight excluding hydrogens is 793 g/mol. The second-order valence-electron chi connectivity index (χ2n) is 17.2. The van der Waals surface area contributed by atoms with Crippen LogP contribution in [0.1, 0.15) is 233 Å². The Kier molecular flexibility index (Phi) is 49.0. The molecule has 0 saturated heterocycles. The molecule has 0 aliphatic carbocycles. The highest BCUT2D eigenvalue weighted by Gasteiger charge is 2.19. The number of unbranched alkanes of at least 4 members (excludes halogenated alkanes) is 23. The third-order valence-corrected chi connectivity index (χ3v) is 10.9. The van der Waals surface area contributed by atoms with Crippen molar-refractivity contribution in [3.63, 3.8) is 0 Å². The van der Waals surface area contributed by atoms with E-state index >= 15 is 0 Å². The molecule has 6 nitrogen and oxygen atoms in total. The lowest BCUT2D eigenvalue weighted by Gasteiger charge is -2.18. The van der Waals surface area contributed by atoms with Crippen LogP contribution in [-0.4, -0.2) is 37.2 Å². The molecule has 0 aliphatic rings. The lowest BCUT2D eigenvalue weighted by Crippen LogP contribution is -2.30. The molecule has 0 aromatic heterocycles. The zero-order valence-electron chi connectivity index (χ0n) is 41.5. The summed E-state index contributed by atoms with van der Waals surface area (Å²) in [6.45, 7) is 6.39. The first kappa shape index (κ1) is 60.3. The van der Waals surface area contributed by atoms with Crippen molar-refractivity contribution in [1.29, 1.82) is 0 Å². The number of allylic oxidation sites excluding steroid dienone is 16. The topological polar surface area (TPSA) is 78.9 Å². The molecule has 0 heterocycles. The van der Waals surface area contributed by atoms with Gasteiger partial charge in [0.1, 0.15) is 13.2 Å². The number of carbonyl (C=O) groups is 3. The summed E-state index contributed by atoms with van der Waals surface area (Å²) in [7, 11) is 0. The van der Waals surface area contributed by atoms with Crippen molar-refractivity contribution in [3.8, 4) is 0 Å². The lowest BCUT2D eigenvalue weighted by atomic mass is 10.1. The molecule has 0 bridgehead atoms. The number of carbonyl (C=O) groups excluding carboxylic acids is 3. The van der Waals surface area contributed by atoms with Gasteiger partial charge in [-0.05, 0) is 83.5 Å². The van der Waals surface area contributed by atoms with Gasteiger partial charge in [-0.1, -0.05) is 227 Å². The summed E-state index contributed by atoms with van der Waals surface area (Å²) >= 11 is 0. The normalized spacial score (nSPS) is 12.9. The number of hydrogen-bond donors (Lipinski definition) is 0. The maximum atomic E-state index is 12.8. The first-order valence-corrected chi connectivity index (χ1v) is 26.3. The van der Waals surface area contributed by atoms with Crippen LogP contribution in [0.2, 0.25) is 0 Å². The second-order valence-corrected chi connectivity index (χ2v) is 17.2. The minimum atomic E-state index is -0.826. The monoisotopic (exact) mass is 889 g/mol. The van der Waals surface area contributed by atoms with E-state index in [1.807, 2.05) is 54.7 Å². The third kappa shape index (κ3) is 49.3. The highest BCUT2D eigenvalue weighted by molar-refractivity contribution is 5.71. The summed E-state index contributed by atoms with van der Waals surface area (Å²) in [6, 6.07) is 0. The van der Waals surface area contributed by atoms with Crippen molar-refractivity contribution in [2.45, 2.75) is 239 Å². The summed E-state index contributed by atoms with van der Waals surface area (Å²) in [6.07, 6.45) is 68.3. The minimum Gasteiger partial charge on any atom is -0.462 e. The Morgan fingerprint density at radius 3 is 1.20 bits per heavy atom. The molecule has 0 aromatic carbocycles. The van der Waals surface area contributed by atoms with Crippen LogP contribution >= 0.6 is 0 Å². The summed E-state index contributed by atoms with van der Waals surface area (Å²) in [5, 5.41) is 0. The van der Waals surface area contributed by atoms with Gasteiger partial charge in [-0.15, -0.1) is 0 Å². The first-order chi connectivity index (χ1) is 31.5. The average molecular weight is 889 g/mol. The summed E-state index contributed by atoms with van der Waals surface area (Å²) in [4.78, 5) is 37.9. The average Bonchev–Trinajstić information content (AvgIpc) is 3.29. The number of hydrogen-bond acceptors (Lipinski definition) is 6. The molecule has 0 saturated carbocycles. The van der Waals surface area contributed by atoms with E-state index in [0.29, 0.717) is 19.3 Å². The number of ether oxygens (including phenoxy) is 3. The second kappa shape index (κ2) is 52.0. The van der Waals surface area contributed by atoms with Gasteiger partial charge in [0.15, 0.2) is 6.10 Å². The van der Waals surface area contributed by atoms with Gasteiger partial charge >= 0.3 is 17.9 Å². The molecule has 0 aliphatic heterocycles. The fraction of sp³-hybridized carbons (Fsp3) is 0.672. The van der Waals surface area contributed by atoms with Gasteiger partial charge in [-0.3, -0.25) is 14.4 Å². The largest absolute Gasteiger partial charge is 0.462 e. The predicted molar refractivity (Wildman–Crippen MR) is 274 cm³/mol. The molecule has 6 heteroatoms. The van der Waals surface area contributed by atoms with Crippen molar-refractivity contribution in [2.75, 3.05) is 13.2 Å². The molecular formula is C58H96O6. The van der Waals surface area contributed by atoms with Crippen LogP contribution in [0.3, 0.4) is 0 Å². The SMILES string of the molecule is CC/C=C/C=C/C=C/C=C/C=C/CCCCCC(=O)OC(COC(=O)CC/C=C/C/C=C/CCCCCCCC)COC(=O)CCCCCCC/C=C/CCCCCCCCCCC. The first-order valence-electron chi connectivity index (χ1n) is 26.3. The zero-order valence-corrected chi connectivity index (χ0v) is 41.5. The molecule has 1 atom stereocenters. The highest BCUT2D eigenvalue weighted by atomic mass is 16.6. The van der Waals surface area contributed by atoms with E-state index in [1.165, 1.54) is 109 Å². The van der Waals surface area contributed by atoms with Crippen molar-refractivity contribution in [3.05, 3.63) is 97.2 Å². The van der Waals surface area contributed by atoms with E-state index < -0.39 is 6.10 Å². The summed E-state index contributed by atoms with van der Waals surface area (Å²) < 4.78 is 16.7. The Hall–Kier alpha value is -3.67. The molecule has 64 heavy (non-hydrogen) atoms. The van der Waals surface area contributed by atoms with Gasteiger partial charge in [0.2, 0.25) is 0 Å².